The summed E-state index contributed by atoms with van der Waals surface area (Å²) in [7, 11) is 0. The number of nitrogens with two attached hydrogens (primary N) is 1. The maximum Gasteiger partial charge on any atom is 0.129 e. The smallest absolute Gasteiger partial charge is 0.129 e. The zero-order chi connectivity index (χ0) is 13.7. The van der Waals surface area contributed by atoms with Crippen LogP contribution in [-0.2, 0) is 6.54 Å². The number of nitrogen functional groups attached to an aromatic ring is 1. The molecule has 0 aliphatic carbocycles. The van der Waals surface area contributed by atoms with Gasteiger partial charge in [0, 0.05) is 17.8 Å². The van der Waals surface area contributed by atoms with Gasteiger partial charge in [-0.2, -0.15) is 0 Å². The second kappa shape index (κ2) is 6.74. The Morgan fingerprint density at radius 1 is 1.17 bits per heavy atom. The van der Waals surface area contributed by atoms with E-state index in [0.29, 0.717) is 35.5 Å². The maximum absolute atomic E-state index is 13.6. The van der Waals surface area contributed by atoms with Crippen molar-refractivity contribution in [3.8, 4) is 0 Å². The van der Waals surface area contributed by atoms with E-state index in [1.807, 2.05) is 0 Å². The number of nitrogens with one attached hydrogen (secondary N) is 1. The van der Waals surface area contributed by atoms with Crippen LogP contribution in [0.3, 0.4) is 0 Å². The Morgan fingerprint density at radius 3 is 2.28 bits per heavy atom. The summed E-state index contributed by atoms with van der Waals surface area (Å²) in [6, 6.07) is 4.86. The molecule has 0 saturated heterocycles. The monoisotopic (exact) mass is 252 g/mol. The zero-order valence-electron chi connectivity index (χ0n) is 11.8. The molecule has 0 unspecified atom stereocenters. The van der Waals surface area contributed by atoms with E-state index in [9.17, 15) is 4.39 Å². The lowest BCUT2D eigenvalue weighted by Crippen LogP contribution is -2.29. The number of anilines is 1. The van der Waals surface area contributed by atoms with Gasteiger partial charge in [0.1, 0.15) is 5.82 Å². The third kappa shape index (κ3) is 4.30. The van der Waals surface area contributed by atoms with E-state index in [1.54, 1.807) is 12.1 Å². The van der Waals surface area contributed by atoms with Gasteiger partial charge in [0.25, 0.3) is 0 Å². The van der Waals surface area contributed by atoms with Gasteiger partial charge < -0.3 is 11.1 Å². The fourth-order valence-corrected chi connectivity index (χ4v) is 2.32. The minimum Gasteiger partial charge on any atom is -0.399 e. The lowest BCUT2D eigenvalue weighted by Gasteiger charge is -2.25. The van der Waals surface area contributed by atoms with E-state index in [1.165, 1.54) is 6.07 Å². The van der Waals surface area contributed by atoms with E-state index < -0.39 is 0 Å². The van der Waals surface area contributed by atoms with Crippen LogP contribution in [0.15, 0.2) is 18.2 Å². The number of halogens is 1. The van der Waals surface area contributed by atoms with Gasteiger partial charge in [-0.15, -0.1) is 0 Å². The summed E-state index contributed by atoms with van der Waals surface area (Å²) in [5.74, 6) is 1.65. The largest absolute Gasteiger partial charge is 0.399 e. The highest BCUT2D eigenvalue weighted by molar-refractivity contribution is 5.40. The van der Waals surface area contributed by atoms with Gasteiger partial charge in [-0.05, 0) is 36.4 Å². The van der Waals surface area contributed by atoms with Crippen LogP contribution in [0.2, 0.25) is 0 Å². The van der Waals surface area contributed by atoms with E-state index in [-0.39, 0.29) is 5.82 Å². The molecule has 3 N–H and O–H groups in total. The van der Waals surface area contributed by atoms with Crippen molar-refractivity contribution in [2.24, 2.45) is 17.8 Å². The number of benzene rings is 1. The predicted molar refractivity (Wildman–Crippen MR) is 75.7 cm³/mol. The highest BCUT2D eigenvalue weighted by Gasteiger charge is 2.16. The summed E-state index contributed by atoms with van der Waals surface area (Å²) in [5.41, 5.74) is 6.67. The first kappa shape index (κ1) is 15.0. The Hall–Kier alpha value is -1.09. The van der Waals surface area contributed by atoms with Crippen molar-refractivity contribution in [2.75, 3.05) is 12.3 Å². The van der Waals surface area contributed by atoms with Crippen molar-refractivity contribution in [3.63, 3.8) is 0 Å². The van der Waals surface area contributed by atoms with Crippen molar-refractivity contribution in [2.45, 2.75) is 34.2 Å². The van der Waals surface area contributed by atoms with Crippen LogP contribution in [-0.4, -0.2) is 6.54 Å². The standard InChI is InChI=1S/C15H25FN2/c1-10(2)14(11(3)4)9-18-8-12-5-6-13(17)7-15(12)16/h5-7,10-11,14,18H,8-9,17H2,1-4H3. The summed E-state index contributed by atoms with van der Waals surface area (Å²) in [5, 5.41) is 3.34. The van der Waals surface area contributed by atoms with Gasteiger partial charge >= 0.3 is 0 Å². The number of hydrogen-bond acceptors (Lipinski definition) is 2. The average molecular weight is 252 g/mol. The van der Waals surface area contributed by atoms with Crippen LogP contribution < -0.4 is 11.1 Å². The van der Waals surface area contributed by atoms with Crippen molar-refractivity contribution < 1.29 is 4.39 Å². The lowest BCUT2D eigenvalue weighted by molar-refractivity contribution is 0.275. The quantitative estimate of drug-likeness (QED) is 0.761. The predicted octanol–water partition coefficient (Wildman–Crippen LogP) is 3.43. The molecular weight excluding hydrogens is 227 g/mol. The Kier molecular flexibility index (Phi) is 5.60. The second-order valence-electron chi connectivity index (χ2n) is 5.63. The Bertz CT molecular complexity index is 367. The molecule has 0 atom stereocenters. The molecule has 1 aromatic rings. The molecule has 0 aromatic heterocycles. The van der Waals surface area contributed by atoms with Crippen molar-refractivity contribution in [3.05, 3.63) is 29.6 Å². The summed E-state index contributed by atoms with van der Waals surface area (Å²) < 4.78 is 13.6. The molecule has 0 spiro atoms. The van der Waals surface area contributed by atoms with Crippen LogP contribution in [0.4, 0.5) is 10.1 Å². The fraction of sp³-hybridized carbons (Fsp3) is 0.600. The van der Waals surface area contributed by atoms with Crippen LogP contribution >= 0.6 is 0 Å². The molecule has 2 nitrogen and oxygen atoms in total. The molecule has 0 heterocycles. The fourth-order valence-electron chi connectivity index (χ4n) is 2.32. The molecule has 0 saturated carbocycles. The Labute approximate surface area is 110 Å². The molecule has 3 heteroatoms. The summed E-state index contributed by atoms with van der Waals surface area (Å²) in [6.07, 6.45) is 0. The average Bonchev–Trinajstić information content (AvgIpc) is 2.25. The molecule has 0 radical (unpaired) electrons. The second-order valence-corrected chi connectivity index (χ2v) is 5.63. The van der Waals surface area contributed by atoms with Crippen molar-refractivity contribution in [1.82, 2.24) is 5.32 Å². The highest BCUT2D eigenvalue weighted by Crippen LogP contribution is 2.19. The van der Waals surface area contributed by atoms with Crippen LogP contribution in [0.5, 0.6) is 0 Å². The summed E-state index contributed by atoms with van der Waals surface area (Å²) >= 11 is 0. The van der Waals surface area contributed by atoms with Crippen LogP contribution in [0.1, 0.15) is 33.3 Å². The van der Waals surface area contributed by atoms with E-state index in [0.717, 1.165) is 6.54 Å². The van der Waals surface area contributed by atoms with Gasteiger partial charge in [-0.1, -0.05) is 33.8 Å². The van der Waals surface area contributed by atoms with Gasteiger partial charge in [-0.3, -0.25) is 0 Å². The minimum atomic E-state index is -0.229. The maximum atomic E-state index is 13.6. The van der Waals surface area contributed by atoms with E-state index >= 15 is 0 Å². The van der Waals surface area contributed by atoms with Gasteiger partial charge in [0.05, 0.1) is 0 Å². The highest BCUT2D eigenvalue weighted by atomic mass is 19.1. The van der Waals surface area contributed by atoms with E-state index in [4.69, 9.17) is 5.73 Å². The number of rotatable bonds is 6. The normalized spacial score (nSPS) is 11.8. The van der Waals surface area contributed by atoms with Crippen molar-refractivity contribution >= 4 is 5.69 Å². The molecule has 0 fully saturated rings. The summed E-state index contributed by atoms with van der Waals surface area (Å²) in [6.45, 7) is 10.4. The molecular formula is C15H25FN2. The first-order valence-corrected chi connectivity index (χ1v) is 6.66. The molecule has 0 aliphatic rings. The third-order valence-electron chi connectivity index (χ3n) is 3.49. The number of hydrogen-bond donors (Lipinski definition) is 2. The van der Waals surface area contributed by atoms with Crippen molar-refractivity contribution in [1.29, 1.82) is 0 Å². The molecule has 0 aliphatic heterocycles. The first-order valence-electron chi connectivity index (χ1n) is 6.66. The molecule has 102 valence electrons. The minimum absolute atomic E-state index is 0.229. The third-order valence-corrected chi connectivity index (χ3v) is 3.49. The van der Waals surface area contributed by atoms with E-state index in [2.05, 4.69) is 33.0 Å². The molecule has 18 heavy (non-hydrogen) atoms. The van der Waals surface area contributed by atoms with Gasteiger partial charge in [-0.25, -0.2) is 4.39 Å². The SMILES string of the molecule is CC(C)C(CNCc1ccc(N)cc1F)C(C)C. The molecule has 0 amide bonds. The molecule has 1 aromatic carbocycles. The lowest BCUT2D eigenvalue weighted by atomic mass is 9.85. The Balaban J connectivity index is 2.50. The zero-order valence-corrected chi connectivity index (χ0v) is 11.8. The van der Waals surface area contributed by atoms with Gasteiger partial charge in [0.15, 0.2) is 0 Å². The molecule has 1 rings (SSSR count). The topological polar surface area (TPSA) is 38.0 Å². The van der Waals surface area contributed by atoms with Crippen LogP contribution in [0, 0.1) is 23.6 Å². The first-order chi connectivity index (χ1) is 8.41. The summed E-state index contributed by atoms with van der Waals surface area (Å²) in [4.78, 5) is 0. The van der Waals surface area contributed by atoms with Gasteiger partial charge in [0.2, 0.25) is 0 Å². The van der Waals surface area contributed by atoms with Crippen LogP contribution in [0.25, 0.3) is 0 Å². The molecule has 0 bridgehead atoms. The Morgan fingerprint density at radius 2 is 1.78 bits per heavy atom.